The summed E-state index contributed by atoms with van der Waals surface area (Å²) in [4.78, 5) is 20.3. The molecular weight excluding hydrogens is 455 g/mol. The van der Waals surface area contributed by atoms with E-state index < -0.39 is 0 Å². The van der Waals surface area contributed by atoms with Gasteiger partial charge in [0, 0.05) is 24.7 Å². The van der Waals surface area contributed by atoms with Gasteiger partial charge in [-0.1, -0.05) is 43.3 Å². The Labute approximate surface area is 211 Å². The third-order valence-electron chi connectivity index (χ3n) is 8.91. The van der Waals surface area contributed by atoms with Crippen molar-refractivity contribution < 1.29 is 13.9 Å². The summed E-state index contributed by atoms with van der Waals surface area (Å²) in [6, 6.07) is 16.9. The van der Waals surface area contributed by atoms with E-state index in [-0.39, 0.29) is 23.2 Å². The van der Waals surface area contributed by atoms with Gasteiger partial charge in [0.15, 0.2) is 5.82 Å². The molecule has 4 atom stereocenters. The number of imidazole rings is 1. The maximum absolute atomic E-state index is 14.2. The van der Waals surface area contributed by atoms with Gasteiger partial charge in [0.1, 0.15) is 5.52 Å². The molecule has 0 aliphatic carbocycles. The first kappa shape index (κ1) is 23.6. The highest BCUT2D eigenvalue weighted by Crippen LogP contribution is 2.42. The Morgan fingerprint density at radius 2 is 1.86 bits per heavy atom. The van der Waals surface area contributed by atoms with Crippen LogP contribution in [0.3, 0.4) is 0 Å². The normalized spacial score (nSPS) is 26.0. The lowest BCUT2D eigenvalue weighted by atomic mass is 9.81. The zero-order valence-electron chi connectivity index (χ0n) is 20.9. The third kappa shape index (κ3) is 4.12. The highest BCUT2D eigenvalue weighted by Gasteiger charge is 2.45. The van der Waals surface area contributed by atoms with Crippen molar-refractivity contribution in [2.75, 3.05) is 19.8 Å². The van der Waals surface area contributed by atoms with Crippen LogP contribution in [-0.4, -0.2) is 52.2 Å². The number of amides is 1. The second-order valence-corrected chi connectivity index (χ2v) is 10.9. The lowest BCUT2D eigenvalue weighted by molar-refractivity contribution is -0.163. The SMILES string of the molecule is CCC1(C(=O)N[C@@H](CCN2[C@@H]3CC[C@H]2CC(n2cnc4c(F)cccc42)C3)c2ccccc2)COC1. The predicted octanol–water partition coefficient (Wildman–Crippen LogP) is 5.02. The lowest BCUT2D eigenvalue weighted by Crippen LogP contribution is -2.54. The van der Waals surface area contributed by atoms with Crippen molar-refractivity contribution in [2.24, 2.45) is 5.41 Å². The fourth-order valence-corrected chi connectivity index (χ4v) is 6.59. The van der Waals surface area contributed by atoms with Crippen molar-refractivity contribution in [3.05, 3.63) is 66.2 Å². The minimum atomic E-state index is -0.378. The van der Waals surface area contributed by atoms with E-state index in [1.54, 1.807) is 6.07 Å². The monoisotopic (exact) mass is 490 g/mol. The first-order chi connectivity index (χ1) is 17.6. The summed E-state index contributed by atoms with van der Waals surface area (Å²) in [6.07, 6.45) is 8.00. The molecule has 7 heteroatoms. The Bertz CT molecular complexity index is 1200. The Morgan fingerprint density at radius 1 is 1.11 bits per heavy atom. The van der Waals surface area contributed by atoms with Crippen LogP contribution in [0.1, 0.15) is 63.1 Å². The molecule has 190 valence electrons. The van der Waals surface area contributed by atoms with Crippen molar-refractivity contribution >= 4 is 16.9 Å². The molecule has 4 heterocycles. The molecule has 1 N–H and O–H groups in total. The number of ether oxygens (including phenoxy) is 1. The molecule has 36 heavy (non-hydrogen) atoms. The van der Waals surface area contributed by atoms with Crippen LogP contribution in [0, 0.1) is 11.2 Å². The molecule has 0 spiro atoms. The van der Waals surface area contributed by atoms with Crippen molar-refractivity contribution in [1.29, 1.82) is 0 Å². The van der Waals surface area contributed by atoms with E-state index in [1.807, 2.05) is 30.6 Å². The summed E-state index contributed by atoms with van der Waals surface area (Å²) in [5.74, 6) is -0.134. The summed E-state index contributed by atoms with van der Waals surface area (Å²) in [6.45, 7) is 4.05. The van der Waals surface area contributed by atoms with Crippen molar-refractivity contribution in [3.63, 3.8) is 0 Å². The fraction of sp³-hybridized carbons (Fsp3) is 0.517. The molecule has 3 aliphatic heterocycles. The Kier molecular flexibility index (Phi) is 6.30. The van der Waals surface area contributed by atoms with Gasteiger partial charge in [-0.15, -0.1) is 0 Å². The lowest BCUT2D eigenvalue weighted by Gasteiger charge is -2.41. The number of nitrogens with zero attached hydrogens (tertiary/aromatic N) is 3. The van der Waals surface area contributed by atoms with E-state index in [0.717, 1.165) is 43.3 Å². The Balaban J connectivity index is 1.15. The number of nitrogens with one attached hydrogen (secondary N) is 1. The van der Waals surface area contributed by atoms with Crippen LogP contribution in [0.5, 0.6) is 0 Å². The maximum atomic E-state index is 14.2. The molecule has 6 nitrogen and oxygen atoms in total. The van der Waals surface area contributed by atoms with Crippen LogP contribution in [0.4, 0.5) is 4.39 Å². The van der Waals surface area contributed by atoms with Gasteiger partial charge in [-0.3, -0.25) is 9.69 Å². The molecule has 1 aromatic heterocycles. The van der Waals surface area contributed by atoms with Crippen molar-refractivity contribution in [3.8, 4) is 0 Å². The molecule has 1 unspecified atom stereocenters. The Morgan fingerprint density at radius 3 is 2.53 bits per heavy atom. The summed E-state index contributed by atoms with van der Waals surface area (Å²) < 4.78 is 21.8. The fourth-order valence-electron chi connectivity index (χ4n) is 6.59. The van der Waals surface area contributed by atoms with Gasteiger partial charge >= 0.3 is 0 Å². The van der Waals surface area contributed by atoms with Crippen LogP contribution < -0.4 is 5.32 Å². The average molecular weight is 491 g/mol. The van der Waals surface area contributed by atoms with Gasteiger partial charge in [0.05, 0.1) is 36.5 Å². The molecule has 6 rings (SSSR count). The van der Waals surface area contributed by atoms with Gasteiger partial charge in [-0.2, -0.15) is 0 Å². The standard InChI is InChI=1S/C29H35FN4O2/c1-2-29(17-36-18-29)28(35)32-25(20-7-4-3-5-8-20)13-14-33-21-11-12-22(33)16-23(15-21)34-19-31-27-24(30)9-6-10-26(27)34/h3-10,19,21-23,25H,2,11-18H2,1H3,(H,32,35)/t21-,22+,23?,25-/m0/s1. The molecule has 3 aliphatic rings. The first-order valence-corrected chi connectivity index (χ1v) is 13.4. The highest BCUT2D eigenvalue weighted by molar-refractivity contribution is 5.84. The van der Waals surface area contributed by atoms with Crippen LogP contribution in [-0.2, 0) is 9.53 Å². The van der Waals surface area contributed by atoms with Gasteiger partial charge in [0.25, 0.3) is 0 Å². The summed E-state index contributed by atoms with van der Waals surface area (Å²) in [7, 11) is 0. The third-order valence-corrected chi connectivity index (χ3v) is 8.91. The molecule has 2 aromatic carbocycles. The van der Waals surface area contributed by atoms with Gasteiger partial charge in [0.2, 0.25) is 5.91 Å². The summed E-state index contributed by atoms with van der Waals surface area (Å²) in [5, 5.41) is 3.38. The maximum Gasteiger partial charge on any atom is 0.231 e. The summed E-state index contributed by atoms with van der Waals surface area (Å²) >= 11 is 0. The van der Waals surface area contributed by atoms with E-state index in [0.29, 0.717) is 36.9 Å². The number of carbonyl (C=O) groups is 1. The molecule has 0 saturated carbocycles. The predicted molar refractivity (Wildman–Crippen MR) is 137 cm³/mol. The number of halogens is 1. The van der Waals surface area contributed by atoms with Crippen LogP contribution in [0.15, 0.2) is 54.9 Å². The van der Waals surface area contributed by atoms with E-state index >= 15 is 0 Å². The van der Waals surface area contributed by atoms with Crippen molar-refractivity contribution in [1.82, 2.24) is 19.8 Å². The number of fused-ring (bicyclic) bond motifs is 3. The number of piperidine rings is 1. The van der Waals surface area contributed by atoms with Gasteiger partial charge in [-0.25, -0.2) is 9.37 Å². The topological polar surface area (TPSA) is 59.4 Å². The number of carbonyl (C=O) groups excluding carboxylic acids is 1. The van der Waals surface area contributed by atoms with Crippen LogP contribution >= 0.6 is 0 Å². The zero-order valence-corrected chi connectivity index (χ0v) is 20.9. The number of aromatic nitrogens is 2. The highest BCUT2D eigenvalue weighted by atomic mass is 19.1. The molecule has 3 saturated heterocycles. The average Bonchev–Trinajstić information content (AvgIpc) is 3.40. The molecule has 3 fully saturated rings. The van der Waals surface area contributed by atoms with Crippen LogP contribution in [0.25, 0.3) is 11.0 Å². The first-order valence-electron chi connectivity index (χ1n) is 13.4. The van der Waals surface area contributed by atoms with E-state index in [4.69, 9.17) is 4.74 Å². The number of hydrogen-bond donors (Lipinski definition) is 1. The quantitative estimate of drug-likeness (QED) is 0.482. The van der Waals surface area contributed by atoms with E-state index in [9.17, 15) is 9.18 Å². The van der Waals surface area contributed by atoms with E-state index in [1.165, 1.54) is 18.9 Å². The molecular formula is C29H35FN4O2. The Hall–Kier alpha value is -2.77. The van der Waals surface area contributed by atoms with Gasteiger partial charge in [-0.05, 0) is 56.2 Å². The number of hydrogen-bond acceptors (Lipinski definition) is 4. The van der Waals surface area contributed by atoms with Crippen LogP contribution in [0.2, 0.25) is 0 Å². The molecule has 0 radical (unpaired) electrons. The minimum absolute atomic E-state index is 0.0135. The minimum Gasteiger partial charge on any atom is -0.379 e. The second-order valence-electron chi connectivity index (χ2n) is 10.9. The zero-order chi connectivity index (χ0) is 24.7. The number of benzene rings is 2. The molecule has 1 amide bonds. The number of rotatable bonds is 8. The van der Waals surface area contributed by atoms with Gasteiger partial charge < -0.3 is 14.6 Å². The number of para-hydroxylation sites is 1. The van der Waals surface area contributed by atoms with E-state index in [2.05, 4.69) is 38.8 Å². The molecule has 2 bridgehead atoms. The second kappa shape index (κ2) is 9.60. The largest absolute Gasteiger partial charge is 0.379 e. The van der Waals surface area contributed by atoms with Crippen molar-refractivity contribution in [2.45, 2.75) is 69.6 Å². The smallest absolute Gasteiger partial charge is 0.231 e. The summed E-state index contributed by atoms with van der Waals surface area (Å²) in [5.41, 5.74) is 2.14. The molecule has 3 aromatic rings.